The van der Waals surface area contributed by atoms with Gasteiger partial charge in [-0.25, -0.2) is 0 Å². The van der Waals surface area contributed by atoms with E-state index in [-0.39, 0.29) is 11.3 Å². The number of allylic oxidation sites excluding steroid dienone is 4. The van der Waals surface area contributed by atoms with Gasteiger partial charge in [0.1, 0.15) is 0 Å². The van der Waals surface area contributed by atoms with E-state index < -0.39 is 0 Å². The number of fused-ring (bicyclic) bond motifs is 10. The van der Waals surface area contributed by atoms with Gasteiger partial charge < -0.3 is 0 Å². The average Bonchev–Trinajstić information content (AvgIpc) is 3.31. The Morgan fingerprint density at radius 1 is 0.562 bits per heavy atom. The minimum absolute atomic E-state index is 0.255. The lowest BCUT2D eigenvalue weighted by Gasteiger charge is -2.33. The van der Waals surface area contributed by atoms with E-state index in [9.17, 15) is 0 Å². The van der Waals surface area contributed by atoms with Crippen LogP contribution in [-0.2, 0) is 5.41 Å². The number of hydrogen-bond acceptors (Lipinski definition) is 0. The zero-order chi connectivity index (χ0) is 21.0. The van der Waals surface area contributed by atoms with Crippen molar-refractivity contribution in [2.45, 2.75) is 17.3 Å². The fourth-order valence-corrected chi connectivity index (χ4v) is 7.27. The highest BCUT2D eigenvalue weighted by atomic mass is 35.5. The van der Waals surface area contributed by atoms with Crippen LogP contribution >= 0.6 is 11.6 Å². The van der Waals surface area contributed by atoms with Crippen LogP contribution in [0.1, 0.15) is 45.2 Å². The molecule has 2 unspecified atom stereocenters. The summed E-state index contributed by atoms with van der Waals surface area (Å²) < 4.78 is 0. The van der Waals surface area contributed by atoms with Crippen molar-refractivity contribution in [2.75, 3.05) is 0 Å². The molecule has 0 amide bonds. The second-order valence-electron chi connectivity index (χ2n) is 9.34. The van der Waals surface area contributed by atoms with Crippen LogP contribution in [0.2, 0.25) is 0 Å². The first-order valence-electron chi connectivity index (χ1n) is 11.3. The van der Waals surface area contributed by atoms with Crippen LogP contribution in [0.15, 0.2) is 108 Å². The molecule has 0 radical (unpaired) electrons. The molecule has 4 aromatic carbocycles. The van der Waals surface area contributed by atoms with Crippen molar-refractivity contribution >= 4 is 11.6 Å². The minimum Gasteiger partial charge on any atom is -0.0847 e. The van der Waals surface area contributed by atoms with Crippen molar-refractivity contribution in [1.82, 2.24) is 0 Å². The maximum Gasteiger partial charge on any atom is 0.0725 e. The monoisotopic (exact) mass is 426 g/mol. The maximum absolute atomic E-state index is 6.51. The topological polar surface area (TPSA) is 0 Å². The van der Waals surface area contributed by atoms with Crippen molar-refractivity contribution in [3.63, 3.8) is 0 Å². The average molecular weight is 427 g/mol. The summed E-state index contributed by atoms with van der Waals surface area (Å²) in [6, 6.07) is 31.9. The summed E-state index contributed by atoms with van der Waals surface area (Å²) in [6.07, 6.45) is 6.63. The zero-order valence-corrected chi connectivity index (χ0v) is 18.1. The summed E-state index contributed by atoms with van der Waals surface area (Å²) in [7, 11) is 0. The predicted octanol–water partition coefficient (Wildman–Crippen LogP) is 7.90. The molecule has 2 atom stereocenters. The van der Waals surface area contributed by atoms with Gasteiger partial charge in [-0.15, -0.1) is 0 Å². The van der Waals surface area contributed by atoms with E-state index in [1.54, 1.807) is 0 Å². The molecule has 0 saturated carbocycles. The Kier molecular flexibility index (Phi) is 3.07. The van der Waals surface area contributed by atoms with E-state index in [4.69, 9.17) is 11.6 Å². The van der Waals surface area contributed by atoms with Gasteiger partial charge in [-0.05, 0) is 61.7 Å². The molecule has 1 spiro atoms. The van der Waals surface area contributed by atoms with Crippen LogP contribution in [0.25, 0.3) is 22.3 Å². The van der Waals surface area contributed by atoms with Crippen molar-refractivity contribution in [2.24, 2.45) is 0 Å². The molecule has 0 bridgehead atoms. The van der Waals surface area contributed by atoms with Gasteiger partial charge in [-0.3, -0.25) is 0 Å². The lowest BCUT2D eigenvalue weighted by Crippen LogP contribution is -2.25. The van der Waals surface area contributed by atoms with Crippen LogP contribution in [0.5, 0.6) is 0 Å². The quantitative estimate of drug-likeness (QED) is 0.231. The molecule has 150 valence electrons. The number of rotatable bonds is 0. The van der Waals surface area contributed by atoms with E-state index in [1.165, 1.54) is 55.6 Å². The zero-order valence-electron chi connectivity index (χ0n) is 17.3. The van der Waals surface area contributed by atoms with Crippen LogP contribution in [-0.4, -0.2) is 0 Å². The Morgan fingerprint density at radius 2 is 1.09 bits per heavy atom. The highest BCUT2D eigenvalue weighted by molar-refractivity contribution is 6.31. The number of halogens is 1. The van der Waals surface area contributed by atoms with Crippen molar-refractivity contribution < 1.29 is 0 Å². The maximum atomic E-state index is 6.51. The summed E-state index contributed by atoms with van der Waals surface area (Å²) in [6.45, 7) is 0. The molecule has 4 aliphatic carbocycles. The molecular weight excluding hydrogens is 408 g/mol. The second-order valence-corrected chi connectivity index (χ2v) is 9.78. The van der Waals surface area contributed by atoms with Gasteiger partial charge in [0.2, 0.25) is 0 Å². The molecule has 0 aromatic heterocycles. The van der Waals surface area contributed by atoms with E-state index in [0.29, 0.717) is 5.92 Å². The van der Waals surface area contributed by atoms with Crippen molar-refractivity contribution in [1.29, 1.82) is 0 Å². The minimum atomic E-state index is -0.255. The summed E-state index contributed by atoms with van der Waals surface area (Å²) in [5.74, 6) is 0.615. The third kappa shape index (κ3) is 1.77. The Balaban J connectivity index is 1.59. The molecule has 0 heterocycles. The third-order valence-corrected chi connectivity index (χ3v) is 8.36. The highest BCUT2D eigenvalue weighted by Crippen LogP contribution is 2.67. The largest absolute Gasteiger partial charge is 0.0847 e. The van der Waals surface area contributed by atoms with Crippen LogP contribution in [0, 0.1) is 0 Å². The first-order valence-corrected chi connectivity index (χ1v) is 11.7. The summed E-state index contributed by atoms with van der Waals surface area (Å²) in [4.78, 5) is 0. The van der Waals surface area contributed by atoms with Crippen LogP contribution in [0.4, 0.5) is 0 Å². The predicted molar refractivity (Wildman–Crippen MR) is 131 cm³/mol. The van der Waals surface area contributed by atoms with Gasteiger partial charge in [0.15, 0.2) is 0 Å². The Hall–Kier alpha value is -3.35. The molecule has 8 rings (SSSR count). The lowest BCUT2D eigenvalue weighted by atomic mass is 9.70. The molecule has 0 fully saturated rings. The van der Waals surface area contributed by atoms with E-state index in [1.807, 2.05) is 0 Å². The van der Waals surface area contributed by atoms with Gasteiger partial charge in [-0.2, -0.15) is 0 Å². The van der Waals surface area contributed by atoms with Gasteiger partial charge in [-0.1, -0.05) is 109 Å². The van der Waals surface area contributed by atoms with Gasteiger partial charge >= 0.3 is 0 Å². The molecule has 0 aliphatic heterocycles. The van der Waals surface area contributed by atoms with Gasteiger partial charge in [0.25, 0.3) is 0 Å². The molecular formula is C31H19Cl. The van der Waals surface area contributed by atoms with Crippen LogP contribution in [0.3, 0.4) is 0 Å². The lowest BCUT2D eigenvalue weighted by molar-refractivity contribution is 0.719. The molecule has 0 nitrogen and oxygen atoms in total. The molecule has 4 aliphatic rings. The normalized spacial score (nSPS) is 21.6. The SMILES string of the molecule is ClC1=CC2c3cccc4c3-c3c(cccc3C43c4ccccc4-c4ccccc43)C2C=C1. The van der Waals surface area contributed by atoms with E-state index in [0.717, 1.165) is 5.03 Å². The summed E-state index contributed by atoms with van der Waals surface area (Å²) in [5, 5.41) is 0.840. The Bertz CT molecular complexity index is 1510. The van der Waals surface area contributed by atoms with Gasteiger partial charge in [0, 0.05) is 16.9 Å². The Morgan fingerprint density at radius 3 is 1.72 bits per heavy atom. The van der Waals surface area contributed by atoms with Crippen molar-refractivity contribution in [3.8, 4) is 22.3 Å². The van der Waals surface area contributed by atoms with E-state index >= 15 is 0 Å². The number of benzene rings is 4. The van der Waals surface area contributed by atoms with Crippen LogP contribution < -0.4 is 0 Å². The molecule has 0 N–H and O–H groups in total. The molecule has 1 heteroatoms. The fraction of sp³-hybridized carbons (Fsp3) is 0.0968. The van der Waals surface area contributed by atoms with Gasteiger partial charge in [0.05, 0.1) is 5.41 Å². The second kappa shape index (κ2) is 5.71. The molecule has 32 heavy (non-hydrogen) atoms. The smallest absolute Gasteiger partial charge is 0.0725 e. The van der Waals surface area contributed by atoms with E-state index in [2.05, 4.69) is 103 Å². The first-order chi connectivity index (χ1) is 15.8. The molecule has 0 saturated heterocycles. The first kappa shape index (κ1) is 17.2. The standard InChI is InChI=1S/C31H19Cl/c32-18-15-16-19-22-9-5-13-27-29(22)30-23(24(19)17-18)10-6-14-28(30)31(27)25-11-3-1-7-20(25)21-8-2-4-12-26(21)31/h1-17,19,24H. The fourth-order valence-electron chi connectivity index (χ4n) is 7.07. The summed E-state index contributed by atoms with van der Waals surface area (Å²) in [5.41, 5.74) is 13.9. The summed E-state index contributed by atoms with van der Waals surface area (Å²) >= 11 is 6.51. The number of hydrogen-bond donors (Lipinski definition) is 0. The van der Waals surface area contributed by atoms with Crippen molar-refractivity contribution in [3.05, 3.63) is 142 Å². The third-order valence-electron chi connectivity index (χ3n) is 8.11. The molecule has 4 aromatic rings. The highest BCUT2D eigenvalue weighted by Gasteiger charge is 2.54. The Labute approximate surface area is 192 Å².